The standard InChI is InChI=1S/C18H22FN3O3/c1-18(2,3)14-10-15(25-21-14)20-17(24)13-7-8-16(23)22(13)12-6-4-5-11(19)9-12/h4-6,9-10,13,17,20,24H,7-8H2,1-3H3/t13-,17?/m0/s1. The van der Waals surface area contributed by atoms with Gasteiger partial charge >= 0.3 is 0 Å². The Balaban J connectivity index is 1.77. The van der Waals surface area contributed by atoms with E-state index in [4.69, 9.17) is 4.52 Å². The van der Waals surface area contributed by atoms with E-state index >= 15 is 0 Å². The van der Waals surface area contributed by atoms with Crippen LogP contribution in [0.2, 0.25) is 0 Å². The fraction of sp³-hybridized carbons (Fsp3) is 0.444. The average Bonchev–Trinajstić information content (AvgIpc) is 3.13. The molecule has 0 radical (unpaired) electrons. The number of carbonyl (C=O) groups excluding carboxylic acids is 1. The smallest absolute Gasteiger partial charge is 0.227 e. The normalized spacial score (nSPS) is 19.3. The summed E-state index contributed by atoms with van der Waals surface area (Å²) >= 11 is 0. The first-order valence-electron chi connectivity index (χ1n) is 8.25. The summed E-state index contributed by atoms with van der Waals surface area (Å²) in [5, 5.41) is 17.4. The van der Waals surface area contributed by atoms with Gasteiger partial charge in [-0.1, -0.05) is 32.0 Å². The molecule has 1 unspecified atom stereocenters. The first kappa shape index (κ1) is 17.4. The molecule has 6 nitrogen and oxygen atoms in total. The molecule has 1 aromatic heterocycles. The molecule has 25 heavy (non-hydrogen) atoms. The SMILES string of the molecule is CC(C)(C)c1cc(NC(O)[C@@H]2CCC(=O)N2c2cccc(F)c2)on1. The molecule has 2 N–H and O–H groups in total. The van der Waals surface area contributed by atoms with Crippen LogP contribution in [0.4, 0.5) is 16.0 Å². The summed E-state index contributed by atoms with van der Waals surface area (Å²) in [4.78, 5) is 13.7. The van der Waals surface area contributed by atoms with E-state index < -0.39 is 18.1 Å². The van der Waals surface area contributed by atoms with Crippen LogP contribution in [0.1, 0.15) is 39.3 Å². The second-order valence-electron chi connectivity index (χ2n) is 7.27. The maximum absolute atomic E-state index is 13.5. The summed E-state index contributed by atoms with van der Waals surface area (Å²) in [5.41, 5.74) is 1.01. The Kier molecular flexibility index (Phi) is 4.51. The molecule has 1 fully saturated rings. The van der Waals surface area contributed by atoms with E-state index in [0.29, 0.717) is 24.4 Å². The number of aromatic nitrogens is 1. The second-order valence-corrected chi connectivity index (χ2v) is 7.27. The summed E-state index contributed by atoms with van der Waals surface area (Å²) in [6.45, 7) is 6.02. The Morgan fingerprint density at radius 2 is 2.16 bits per heavy atom. The fourth-order valence-electron chi connectivity index (χ4n) is 2.90. The zero-order valence-corrected chi connectivity index (χ0v) is 14.5. The van der Waals surface area contributed by atoms with Crippen molar-refractivity contribution in [1.29, 1.82) is 0 Å². The van der Waals surface area contributed by atoms with Gasteiger partial charge in [-0.3, -0.25) is 4.79 Å². The quantitative estimate of drug-likeness (QED) is 0.831. The summed E-state index contributed by atoms with van der Waals surface area (Å²) in [5.74, 6) is -0.246. The number of aliphatic hydroxyl groups is 1. The third-order valence-electron chi connectivity index (χ3n) is 4.27. The molecule has 1 saturated heterocycles. The lowest BCUT2D eigenvalue weighted by Crippen LogP contribution is -2.44. The maximum Gasteiger partial charge on any atom is 0.227 e. The number of hydrogen-bond donors (Lipinski definition) is 2. The molecule has 2 aromatic rings. The van der Waals surface area contributed by atoms with E-state index in [-0.39, 0.29) is 11.3 Å². The van der Waals surface area contributed by atoms with Crippen molar-refractivity contribution in [3.63, 3.8) is 0 Å². The van der Waals surface area contributed by atoms with Crippen LogP contribution in [-0.2, 0) is 10.2 Å². The molecule has 7 heteroatoms. The molecule has 2 heterocycles. The van der Waals surface area contributed by atoms with E-state index in [1.54, 1.807) is 18.2 Å². The van der Waals surface area contributed by atoms with Crippen LogP contribution in [0.25, 0.3) is 0 Å². The van der Waals surface area contributed by atoms with Crippen LogP contribution in [0.5, 0.6) is 0 Å². The van der Waals surface area contributed by atoms with E-state index in [1.165, 1.54) is 17.0 Å². The number of anilines is 2. The molecule has 2 atom stereocenters. The summed E-state index contributed by atoms with van der Waals surface area (Å²) < 4.78 is 18.7. The molecule has 1 aromatic carbocycles. The zero-order chi connectivity index (χ0) is 18.2. The Morgan fingerprint density at radius 1 is 1.40 bits per heavy atom. The van der Waals surface area contributed by atoms with Gasteiger partial charge in [0.25, 0.3) is 0 Å². The van der Waals surface area contributed by atoms with Crippen LogP contribution in [0.15, 0.2) is 34.9 Å². The molecule has 3 rings (SSSR count). The number of benzene rings is 1. The lowest BCUT2D eigenvalue weighted by Gasteiger charge is -2.29. The number of rotatable bonds is 4. The third-order valence-corrected chi connectivity index (χ3v) is 4.27. The van der Waals surface area contributed by atoms with Gasteiger partial charge in [0.15, 0.2) is 0 Å². The van der Waals surface area contributed by atoms with Crippen molar-refractivity contribution in [2.24, 2.45) is 0 Å². The van der Waals surface area contributed by atoms with Gasteiger partial charge in [-0.15, -0.1) is 0 Å². The third kappa shape index (κ3) is 3.66. The number of hydrogen-bond acceptors (Lipinski definition) is 5. The lowest BCUT2D eigenvalue weighted by molar-refractivity contribution is -0.117. The molecule has 1 aliphatic heterocycles. The van der Waals surface area contributed by atoms with Crippen LogP contribution in [0, 0.1) is 5.82 Å². The average molecular weight is 347 g/mol. The number of halogens is 1. The maximum atomic E-state index is 13.5. The summed E-state index contributed by atoms with van der Waals surface area (Å²) in [7, 11) is 0. The topological polar surface area (TPSA) is 78.6 Å². The highest BCUT2D eigenvalue weighted by atomic mass is 19.1. The van der Waals surface area contributed by atoms with Crippen molar-refractivity contribution in [3.05, 3.63) is 41.8 Å². The van der Waals surface area contributed by atoms with Crippen LogP contribution < -0.4 is 10.2 Å². The van der Waals surface area contributed by atoms with Gasteiger partial charge in [0, 0.05) is 23.6 Å². The molecular formula is C18H22FN3O3. The van der Waals surface area contributed by atoms with Gasteiger partial charge in [-0.2, -0.15) is 0 Å². The highest BCUT2D eigenvalue weighted by Crippen LogP contribution is 2.30. The minimum atomic E-state index is -1.06. The van der Waals surface area contributed by atoms with Crippen molar-refractivity contribution >= 4 is 17.5 Å². The predicted octanol–water partition coefficient (Wildman–Crippen LogP) is 3.04. The molecule has 0 spiro atoms. The van der Waals surface area contributed by atoms with Crippen molar-refractivity contribution in [3.8, 4) is 0 Å². The first-order chi connectivity index (χ1) is 11.8. The minimum Gasteiger partial charge on any atom is -0.371 e. The van der Waals surface area contributed by atoms with Gasteiger partial charge < -0.3 is 19.8 Å². The van der Waals surface area contributed by atoms with Gasteiger partial charge in [-0.05, 0) is 24.6 Å². The Hall–Kier alpha value is -2.41. The van der Waals surface area contributed by atoms with Crippen molar-refractivity contribution in [1.82, 2.24) is 5.16 Å². The molecule has 1 aliphatic rings. The monoisotopic (exact) mass is 347 g/mol. The number of nitrogens with one attached hydrogen (secondary N) is 1. The minimum absolute atomic E-state index is 0.149. The van der Waals surface area contributed by atoms with Crippen LogP contribution in [0.3, 0.4) is 0 Å². The number of carbonyl (C=O) groups is 1. The Labute approximate surface area is 145 Å². The van der Waals surface area contributed by atoms with Gasteiger partial charge in [0.2, 0.25) is 11.8 Å². The molecule has 0 aliphatic carbocycles. The molecule has 1 amide bonds. The van der Waals surface area contributed by atoms with Crippen LogP contribution in [-0.4, -0.2) is 28.4 Å². The van der Waals surface area contributed by atoms with Crippen molar-refractivity contribution in [2.45, 2.75) is 51.3 Å². The number of nitrogens with zero attached hydrogens (tertiary/aromatic N) is 2. The Morgan fingerprint density at radius 3 is 2.80 bits per heavy atom. The first-order valence-corrected chi connectivity index (χ1v) is 8.25. The Bertz CT molecular complexity index is 769. The molecule has 134 valence electrons. The zero-order valence-electron chi connectivity index (χ0n) is 14.5. The van der Waals surface area contributed by atoms with E-state index in [1.807, 2.05) is 20.8 Å². The highest BCUT2D eigenvalue weighted by molar-refractivity contribution is 5.96. The predicted molar refractivity (Wildman–Crippen MR) is 91.7 cm³/mol. The van der Waals surface area contributed by atoms with Gasteiger partial charge in [-0.25, -0.2) is 4.39 Å². The van der Waals surface area contributed by atoms with E-state index in [9.17, 15) is 14.3 Å². The summed E-state index contributed by atoms with van der Waals surface area (Å²) in [6.07, 6.45) is -0.302. The van der Waals surface area contributed by atoms with Crippen molar-refractivity contribution in [2.75, 3.05) is 10.2 Å². The van der Waals surface area contributed by atoms with Crippen LogP contribution >= 0.6 is 0 Å². The lowest BCUT2D eigenvalue weighted by atomic mass is 9.92. The van der Waals surface area contributed by atoms with E-state index in [2.05, 4.69) is 10.5 Å². The van der Waals surface area contributed by atoms with Gasteiger partial charge in [0.05, 0.1) is 11.7 Å². The molecule has 0 bridgehead atoms. The van der Waals surface area contributed by atoms with Crippen molar-refractivity contribution < 1.29 is 18.8 Å². The van der Waals surface area contributed by atoms with Gasteiger partial charge in [0.1, 0.15) is 12.0 Å². The summed E-state index contributed by atoms with van der Waals surface area (Å²) in [6, 6.07) is 7.01. The molecule has 0 saturated carbocycles. The number of amides is 1. The van der Waals surface area contributed by atoms with E-state index in [0.717, 1.165) is 5.69 Å². The number of aliphatic hydroxyl groups excluding tert-OH is 1. The highest BCUT2D eigenvalue weighted by Gasteiger charge is 2.37. The fourth-order valence-corrected chi connectivity index (χ4v) is 2.90. The second kappa shape index (κ2) is 6.48. The molecular weight excluding hydrogens is 325 g/mol. The largest absolute Gasteiger partial charge is 0.371 e.